The van der Waals surface area contributed by atoms with E-state index in [0.717, 1.165) is 49.7 Å². The van der Waals surface area contributed by atoms with Crippen molar-refractivity contribution in [2.45, 2.75) is 32.7 Å². The van der Waals surface area contributed by atoms with Crippen LogP contribution in [0.3, 0.4) is 0 Å². The van der Waals surface area contributed by atoms with Crippen molar-refractivity contribution in [3.8, 4) is 5.75 Å². The summed E-state index contributed by atoms with van der Waals surface area (Å²) in [5, 5.41) is 8.66. The number of fused-ring (bicyclic) bond motifs is 1. The first-order chi connectivity index (χ1) is 14.1. The van der Waals surface area contributed by atoms with E-state index in [1.165, 1.54) is 16.0 Å². The number of nitrogens with zero attached hydrogens (tertiary/aromatic N) is 2. The van der Waals surface area contributed by atoms with E-state index in [1.54, 1.807) is 25.5 Å². The van der Waals surface area contributed by atoms with E-state index >= 15 is 0 Å². The van der Waals surface area contributed by atoms with Gasteiger partial charge in [0.2, 0.25) is 5.91 Å². The van der Waals surface area contributed by atoms with Gasteiger partial charge in [-0.3, -0.25) is 9.79 Å². The Morgan fingerprint density at radius 3 is 2.83 bits per heavy atom. The molecule has 6 nitrogen and oxygen atoms in total. The lowest BCUT2D eigenvalue weighted by Crippen LogP contribution is -2.41. The monoisotopic (exact) mass is 542 g/mol. The number of halogens is 1. The lowest BCUT2D eigenvalue weighted by Gasteiger charge is -2.27. The van der Waals surface area contributed by atoms with Gasteiger partial charge in [-0.15, -0.1) is 35.3 Å². The molecule has 0 fully saturated rings. The van der Waals surface area contributed by atoms with E-state index in [4.69, 9.17) is 4.74 Å². The molecule has 0 saturated carbocycles. The van der Waals surface area contributed by atoms with Gasteiger partial charge in [0.25, 0.3) is 0 Å². The SMILES string of the molecule is CN=C(NCCC(=O)N1CCc2sccc2C1)NCCc1ccc(C)c(OC)c1.I. The van der Waals surface area contributed by atoms with Crippen LogP contribution in [0.5, 0.6) is 5.75 Å². The fourth-order valence-electron chi connectivity index (χ4n) is 3.47. The second kappa shape index (κ2) is 12.1. The van der Waals surface area contributed by atoms with Crippen LogP contribution in [0.4, 0.5) is 0 Å². The third kappa shape index (κ3) is 6.60. The summed E-state index contributed by atoms with van der Waals surface area (Å²) in [6.45, 7) is 4.93. The van der Waals surface area contributed by atoms with Crippen LogP contribution < -0.4 is 15.4 Å². The van der Waals surface area contributed by atoms with Crippen molar-refractivity contribution in [1.29, 1.82) is 0 Å². The number of carbonyl (C=O) groups excluding carboxylic acids is 1. The third-order valence-corrected chi connectivity index (χ3v) is 6.22. The third-order valence-electron chi connectivity index (χ3n) is 5.19. The standard InChI is InChI=1S/C22H30N4O2S.HI/c1-16-4-5-17(14-19(16)28-3)6-10-24-22(23-2)25-11-7-21(27)26-12-8-20-18(15-26)9-13-29-20;/h4-5,9,13-14H,6-8,10-12,15H2,1-3H3,(H2,23,24,25);1H. The van der Waals surface area contributed by atoms with Crippen molar-refractivity contribution in [2.24, 2.45) is 4.99 Å². The zero-order valence-electron chi connectivity index (χ0n) is 17.9. The minimum atomic E-state index is 0. The summed E-state index contributed by atoms with van der Waals surface area (Å²) in [6, 6.07) is 8.40. The molecule has 2 heterocycles. The number of thiophene rings is 1. The van der Waals surface area contributed by atoms with E-state index in [2.05, 4.69) is 45.3 Å². The summed E-state index contributed by atoms with van der Waals surface area (Å²) in [6.07, 6.45) is 2.31. The molecule has 8 heteroatoms. The zero-order chi connectivity index (χ0) is 20.6. The van der Waals surface area contributed by atoms with Crippen LogP contribution in [0.2, 0.25) is 0 Å². The molecular weight excluding hydrogens is 511 g/mol. The Balaban J connectivity index is 0.00000320. The molecule has 0 bridgehead atoms. The summed E-state index contributed by atoms with van der Waals surface area (Å²) < 4.78 is 5.38. The van der Waals surface area contributed by atoms with E-state index < -0.39 is 0 Å². The maximum absolute atomic E-state index is 12.5. The van der Waals surface area contributed by atoms with Crippen molar-refractivity contribution in [3.05, 3.63) is 51.2 Å². The summed E-state index contributed by atoms with van der Waals surface area (Å²) in [5.74, 6) is 1.82. The molecular formula is C22H31IN4O2S. The molecule has 0 saturated heterocycles. The maximum atomic E-state index is 12.5. The number of benzene rings is 1. The highest BCUT2D eigenvalue weighted by molar-refractivity contribution is 14.0. The fourth-order valence-corrected chi connectivity index (χ4v) is 4.36. The van der Waals surface area contributed by atoms with Gasteiger partial charge in [0.05, 0.1) is 7.11 Å². The van der Waals surface area contributed by atoms with Crippen LogP contribution in [-0.2, 0) is 24.2 Å². The smallest absolute Gasteiger partial charge is 0.224 e. The van der Waals surface area contributed by atoms with Crippen LogP contribution in [0.25, 0.3) is 0 Å². The van der Waals surface area contributed by atoms with Gasteiger partial charge in [-0.05, 0) is 54.0 Å². The Morgan fingerprint density at radius 1 is 1.27 bits per heavy atom. The van der Waals surface area contributed by atoms with E-state index in [-0.39, 0.29) is 29.9 Å². The molecule has 3 rings (SSSR count). The second-order valence-electron chi connectivity index (χ2n) is 7.16. The average Bonchev–Trinajstić information content (AvgIpc) is 3.21. The lowest BCUT2D eigenvalue weighted by molar-refractivity contribution is -0.131. The van der Waals surface area contributed by atoms with Crippen molar-refractivity contribution >= 4 is 47.2 Å². The minimum absolute atomic E-state index is 0. The van der Waals surface area contributed by atoms with Gasteiger partial charge >= 0.3 is 0 Å². The van der Waals surface area contributed by atoms with E-state index in [9.17, 15) is 4.79 Å². The van der Waals surface area contributed by atoms with E-state index in [1.807, 2.05) is 11.8 Å². The highest BCUT2D eigenvalue weighted by atomic mass is 127. The van der Waals surface area contributed by atoms with Gasteiger partial charge in [-0.1, -0.05) is 12.1 Å². The first-order valence-electron chi connectivity index (χ1n) is 10.0. The van der Waals surface area contributed by atoms with Crippen LogP contribution >= 0.6 is 35.3 Å². The largest absolute Gasteiger partial charge is 0.496 e. The summed E-state index contributed by atoms with van der Waals surface area (Å²) in [5.41, 5.74) is 3.64. The Hall–Kier alpha value is -1.81. The summed E-state index contributed by atoms with van der Waals surface area (Å²) in [4.78, 5) is 20.1. The molecule has 1 aliphatic rings. The Morgan fingerprint density at radius 2 is 2.07 bits per heavy atom. The van der Waals surface area contributed by atoms with Crippen molar-refractivity contribution in [3.63, 3.8) is 0 Å². The van der Waals surface area contributed by atoms with Crippen LogP contribution in [0.15, 0.2) is 34.6 Å². The molecule has 1 aliphatic heterocycles. The highest BCUT2D eigenvalue weighted by Crippen LogP contribution is 2.24. The molecule has 164 valence electrons. The molecule has 1 aromatic heterocycles. The first-order valence-corrected chi connectivity index (χ1v) is 10.9. The number of guanidine groups is 1. The fraction of sp³-hybridized carbons (Fsp3) is 0.455. The molecule has 2 aromatic rings. The predicted molar refractivity (Wildman–Crippen MR) is 134 cm³/mol. The summed E-state index contributed by atoms with van der Waals surface area (Å²) >= 11 is 1.79. The van der Waals surface area contributed by atoms with Crippen LogP contribution in [-0.4, -0.2) is 50.6 Å². The zero-order valence-corrected chi connectivity index (χ0v) is 21.0. The van der Waals surface area contributed by atoms with Gasteiger partial charge in [0.15, 0.2) is 5.96 Å². The second-order valence-corrected chi connectivity index (χ2v) is 8.16. The topological polar surface area (TPSA) is 66.0 Å². The highest BCUT2D eigenvalue weighted by Gasteiger charge is 2.20. The number of methoxy groups -OCH3 is 1. The number of aryl methyl sites for hydroxylation is 1. The van der Waals surface area contributed by atoms with Gasteiger partial charge < -0.3 is 20.3 Å². The van der Waals surface area contributed by atoms with Gasteiger partial charge in [0.1, 0.15) is 5.75 Å². The number of aliphatic imine (C=N–C) groups is 1. The molecule has 0 unspecified atom stereocenters. The Bertz CT molecular complexity index is 869. The van der Waals surface area contributed by atoms with Crippen molar-refractivity contribution in [1.82, 2.24) is 15.5 Å². The van der Waals surface area contributed by atoms with Crippen molar-refractivity contribution in [2.75, 3.05) is 33.8 Å². The number of ether oxygens (including phenoxy) is 1. The first kappa shape index (κ1) is 24.5. The minimum Gasteiger partial charge on any atom is -0.496 e. The molecule has 0 radical (unpaired) electrons. The number of nitrogens with one attached hydrogen (secondary N) is 2. The molecule has 2 N–H and O–H groups in total. The van der Waals surface area contributed by atoms with Crippen LogP contribution in [0.1, 0.15) is 28.0 Å². The van der Waals surface area contributed by atoms with Crippen molar-refractivity contribution < 1.29 is 9.53 Å². The predicted octanol–water partition coefficient (Wildman–Crippen LogP) is 3.37. The molecule has 1 amide bonds. The normalized spacial score (nSPS) is 13.3. The number of amides is 1. The number of rotatable bonds is 7. The van der Waals surface area contributed by atoms with E-state index in [0.29, 0.717) is 13.0 Å². The molecule has 1 aromatic carbocycles. The van der Waals surface area contributed by atoms with Gasteiger partial charge in [-0.2, -0.15) is 0 Å². The number of hydrogen-bond acceptors (Lipinski definition) is 4. The van der Waals surface area contributed by atoms with Gasteiger partial charge in [-0.25, -0.2) is 0 Å². The summed E-state index contributed by atoms with van der Waals surface area (Å²) in [7, 11) is 3.44. The Labute approximate surface area is 200 Å². The number of hydrogen-bond donors (Lipinski definition) is 2. The van der Waals surface area contributed by atoms with Gasteiger partial charge in [0, 0.05) is 44.5 Å². The maximum Gasteiger partial charge on any atom is 0.224 e. The molecule has 0 atom stereocenters. The molecule has 0 aliphatic carbocycles. The number of carbonyl (C=O) groups is 1. The molecule has 30 heavy (non-hydrogen) atoms. The van der Waals surface area contributed by atoms with Crippen LogP contribution in [0, 0.1) is 6.92 Å². The lowest BCUT2D eigenvalue weighted by atomic mass is 10.1. The average molecular weight is 542 g/mol. The Kier molecular flexibility index (Phi) is 9.90. The quantitative estimate of drug-likeness (QED) is 0.320. The molecule has 0 spiro atoms.